The van der Waals surface area contributed by atoms with Crippen LogP contribution in [0.2, 0.25) is 10.0 Å². The van der Waals surface area contributed by atoms with Crippen molar-refractivity contribution in [2.24, 2.45) is 5.73 Å². The van der Waals surface area contributed by atoms with Crippen LogP contribution in [0, 0.1) is 0 Å². The first-order valence-electron chi connectivity index (χ1n) is 14.3. The molecule has 12 nitrogen and oxygen atoms in total. The summed E-state index contributed by atoms with van der Waals surface area (Å²) in [6.45, 7) is 6.02. The molecule has 2 aromatic heterocycles. The molecule has 0 saturated carbocycles. The molecule has 1 aliphatic heterocycles. The number of hydrogen-bond donors (Lipinski definition) is 3. The van der Waals surface area contributed by atoms with E-state index in [0.29, 0.717) is 33.9 Å². The third kappa shape index (κ3) is 10.6. The number of carbonyl (C=O) groups excluding carboxylic acids is 1. The van der Waals surface area contributed by atoms with Crippen molar-refractivity contribution >= 4 is 64.3 Å². The Morgan fingerprint density at radius 3 is 2.36 bits per heavy atom. The predicted molar refractivity (Wildman–Crippen MR) is 181 cm³/mol. The second kappa shape index (κ2) is 16.9. The summed E-state index contributed by atoms with van der Waals surface area (Å²) in [6.07, 6.45) is 2.90. The summed E-state index contributed by atoms with van der Waals surface area (Å²) >= 11 is 15.2. The second-order valence-electron chi connectivity index (χ2n) is 10.5. The summed E-state index contributed by atoms with van der Waals surface area (Å²) in [7, 11) is 0. The fourth-order valence-corrected chi connectivity index (χ4v) is 6.84. The number of halogens is 2. The molecule has 1 fully saturated rings. The Balaban J connectivity index is 0.000000555. The SMILES string of the molecule is CC(=O)N(Sc1nc(-c2cccc(-c3noc([C@H](C)N)n3)c2)cs1)C1CCN(Cc2ccc(Cl)c(Cl)c2)CC1.O=C(O)/C=C/C(=O)O. The number of carboxylic acid groups (broad SMARTS) is 2. The summed E-state index contributed by atoms with van der Waals surface area (Å²) in [5.74, 6) is -1.60. The highest BCUT2D eigenvalue weighted by Gasteiger charge is 2.28. The lowest BCUT2D eigenvalue weighted by Gasteiger charge is -2.37. The van der Waals surface area contributed by atoms with Crippen molar-refractivity contribution in [3.8, 4) is 22.6 Å². The monoisotopic (exact) mass is 718 g/mol. The Bertz CT molecular complexity index is 1720. The van der Waals surface area contributed by atoms with Crippen LogP contribution >= 0.6 is 46.5 Å². The molecule has 47 heavy (non-hydrogen) atoms. The summed E-state index contributed by atoms with van der Waals surface area (Å²) in [4.78, 5) is 43.3. The number of piperidine rings is 1. The van der Waals surface area contributed by atoms with Crippen molar-refractivity contribution < 1.29 is 29.1 Å². The van der Waals surface area contributed by atoms with Gasteiger partial charge in [-0.3, -0.25) is 14.0 Å². The van der Waals surface area contributed by atoms with Gasteiger partial charge in [-0.05, 0) is 43.5 Å². The van der Waals surface area contributed by atoms with E-state index in [-0.39, 0.29) is 18.0 Å². The number of aromatic nitrogens is 3. The fraction of sp³-hybridized carbons (Fsp3) is 0.290. The molecule has 16 heteroatoms. The van der Waals surface area contributed by atoms with Crippen LogP contribution < -0.4 is 5.73 Å². The largest absolute Gasteiger partial charge is 0.478 e. The van der Waals surface area contributed by atoms with E-state index in [1.54, 1.807) is 13.8 Å². The van der Waals surface area contributed by atoms with E-state index in [1.807, 2.05) is 52.1 Å². The highest BCUT2D eigenvalue weighted by molar-refractivity contribution is 7.99. The molecule has 1 amide bonds. The van der Waals surface area contributed by atoms with Crippen molar-refractivity contribution in [2.45, 2.75) is 49.7 Å². The number of thiazole rings is 1. The Morgan fingerprint density at radius 1 is 1.09 bits per heavy atom. The molecule has 4 aromatic rings. The number of carbonyl (C=O) groups is 3. The Morgan fingerprint density at radius 2 is 1.77 bits per heavy atom. The van der Waals surface area contributed by atoms with Gasteiger partial charge in [0.1, 0.15) is 0 Å². The average Bonchev–Trinajstić information content (AvgIpc) is 3.72. The van der Waals surface area contributed by atoms with E-state index < -0.39 is 11.9 Å². The topological polar surface area (TPSA) is 176 Å². The fourth-order valence-electron chi connectivity index (χ4n) is 4.62. The van der Waals surface area contributed by atoms with Crippen LogP contribution in [0.3, 0.4) is 0 Å². The van der Waals surface area contributed by atoms with Gasteiger partial charge >= 0.3 is 11.9 Å². The zero-order chi connectivity index (χ0) is 34.1. The van der Waals surface area contributed by atoms with Gasteiger partial charge in [-0.1, -0.05) is 52.6 Å². The number of rotatable bonds is 10. The zero-order valence-electron chi connectivity index (χ0n) is 25.4. The molecule has 1 atom stereocenters. The van der Waals surface area contributed by atoms with Crippen LogP contribution in [-0.4, -0.2) is 71.5 Å². The number of nitrogens with two attached hydrogens (primary N) is 1. The van der Waals surface area contributed by atoms with Gasteiger partial charge in [0, 0.05) is 73.2 Å². The maximum Gasteiger partial charge on any atom is 0.328 e. The predicted octanol–water partition coefficient (Wildman–Crippen LogP) is 6.42. The molecule has 4 N–H and O–H groups in total. The van der Waals surface area contributed by atoms with E-state index in [2.05, 4.69) is 15.0 Å². The molecular formula is C31H32Cl2N6O6S2. The number of nitrogens with zero attached hydrogens (tertiary/aromatic N) is 5. The van der Waals surface area contributed by atoms with E-state index in [9.17, 15) is 14.4 Å². The van der Waals surface area contributed by atoms with Gasteiger partial charge in [-0.25, -0.2) is 14.6 Å². The van der Waals surface area contributed by atoms with Gasteiger partial charge in [0.25, 0.3) is 0 Å². The van der Waals surface area contributed by atoms with Crippen molar-refractivity contribution in [1.82, 2.24) is 24.3 Å². The molecule has 1 saturated heterocycles. The molecule has 2 aromatic carbocycles. The van der Waals surface area contributed by atoms with Gasteiger partial charge in [0.2, 0.25) is 17.6 Å². The van der Waals surface area contributed by atoms with Crippen molar-refractivity contribution in [1.29, 1.82) is 0 Å². The molecular weight excluding hydrogens is 687 g/mol. The lowest BCUT2D eigenvalue weighted by Crippen LogP contribution is -2.43. The molecule has 0 radical (unpaired) electrons. The highest BCUT2D eigenvalue weighted by Crippen LogP contribution is 2.35. The summed E-state index contributed by atoms with van der Waals surface area (Å²) in [5, 5.41) is 22.8. The quantitative estimate of drug-likeness (QED) is 0.121. The van der Waals surface area contributed by atoms with Crippen molar-refractivity contribution in [2.75, 3.05) is 13.1 Å². The maximum atomic E-state index is 12.6. The minimum absolute atomic E-state index is 0.0312. The first kappa shape index (κ1) is 36.1. The van der Waals surface area contributed by atoms with Gasteiger partial charge < -0.3 is 20.5 Å². The first-order valence-corrected chi connectivity index (χ1v) is 16.7. The lowest BCUT2D eigenvalue weighted by atomic mass is 10.0. The molecule has 5 rings (SSSR count). The number of likely N-dealkylation sites (tertiary alicyclic amines) is 1. The standard InChI is InChI=1S/C27H28Cl2N6O2S2.C4H4O4/c1-16(30)26-32-25(33-37-26)20-5-3-4-19(13-20)24-15-38-27(31-24)39-35(17(2)36)21-8-10-34(11-9-21)14-18-6-7-22(28)23(29)12-18;5-3(6)1-2-4(7)8/h3-7,12-13,15-16,21H,8-11,14,30H2,1-2H3;1-2H,(H,5,6)(H,7,8)/b;2-1+/t16-;/m0./s1. The molecule has 1 aliphatic rings. The third-order valence-corrected chi connectivity index (χ3v) is 9.75. The van der Waals surface area contributed by atoms with Crippen LogP contribution in [0.1, 0.15) is 44.2 Å². The normalized spacial score (nSPS) is 14.4. The van der Waals surface area contributed by atoms with Gasteiger partial charge in [-0.2, -0.15) is 4.98 Å². The van der Waals surface area contributed by atoms with Gasteiger partial charge in [-0.15, -0.1) is 11.3 Å². The minimum Gasteiger partial charge on any atom is -0.478 e. The second-order valence-corrected chi connectivity index (χ2v) is 13.4. The van der Waals surface area contributed by atoms with Crippen LogP contribution in [0.5, 0.6) is 0 Å². The van der Waals surface area contributed by atoms with E-state index >= 15 is 0 Å². The smallest absolute Gasteiger partial charge is 0.328 e. The van der Waals surface area contributed by atoms with Crippen molar-refractivity contribution in [3.05, 3.63) is 81.5 Å². The Hall–Kier alpha value is -3.79. The number of amides is 1. The third-order valence-electron chi connectivity index (χ3n) is 6.87. The van der Waals surface area contributed by atoms with Gasteiger partial charge in [0.15, 0.2) is 4.34 Å². The minimum atomic E-state index is -1.26. The number of benzene rings is 2. The summed E-state index contributed by atoms with van der Waals surface area (Å²) < 4.78 is 7.95. The summed E-state index contributed by atoms with van der Waals surface area (Å²) in [6, 6.07) is 13.4. The van der Waals surface area contributed by atoms with Crippen LogP contribution in [0.25, 0.3) is 22.6 Å². The summed E-state index contributed by atoms with van der Waals surface area (Å²) in [5.41, 5.74) is 9.57. The number of aliphatic carboxylic acids is 2. The molecule has 0 aliphatic carbocycles. The Kier molecular flexibility index (Phi) is 12.9. The highest BCUT2D eigenvalue weighted by atomic mass is 35.5. The van der Waals surface area contributed by atoms with E-state index in [1.165, 1.54) is 23.3 Å². The van der Waals surface area contributed by atoms with E-state index in [0.717, 1.165) is 59.2 Å². The van der Waals surface area contributed by atoms with Crippen LogP contribution in [0.15, 0.2) is 68.9 Å². The Labute approximate surface area is 289 Å². The van der Waals surface area contributed by atoms with E-state index in [4.69, 9.17) is 48.7 Å². The zero-order valence-corrected chi connectivity index (χ0v) is 28.5. The number of hydrogen-bond acceptors (Lipinski definition) is 11. The lowest BCUT2D eigenvalue weighted by molar-refractivity contribution is -0.134. The number of carboxylic acids is 2. The first-order chi connectivity index (χ1) is 22.4. The molecule has 248 valence electrons. The van der Waals surface area contributed by atoms with Crippen LogP contribution in [-0.2, 0) is 20.9 Å². The average molecular weight is 720 g/mol. The molecule has 0 spiro atoms. The van der Waals surface area contributed by atoms with Gasteiger partial charge in [0.05, 0.1) is 21.8 Å². The molecule has 3 heterocycles. The van der Waals surface area contributed by atoms with Crippen molar-refractivity contribution in [3.63, 3.8) is 0 Å². The van der Waals surface area contributed by atoms with Crippen LogP contribution in [0.4, 0.5) is 0 Å². The molecule has 0 bridgehead atoms. The maximum absolute atomic E-state index is 12.6. The molecule has 0 unspecified atom stereocenters.